The Kier molecular flexibility index (Phi) is 3.36. The van der Waals surface area contributed by atoms with Gasteiger partial charge in [0.25, 0.3) is 0 Å². The SMILES string of the molecule is COc1ccc2c(c1C1(N=C=O)CCC1)OCCCO2. The predicted molar refractivity (Wildman–Crippen MR) is 72.3 cm³/mol. The zero-order chi connectivity index (χ0) is 14.0. The van der Waals surface area contributed by atoms with Crippen molar-refractivity contribution in [1.82, 2.24) is 0 Å². The van der Waals surface area contributed by atoms with Crippen molar-refractivity contribution in [3.05, 3.63) is 17.7 Å². The number of hydrogen-bond donors (Lipinski definition) is 0. The molecule has 1 aromatic carbocycles. The first-order valence-electron chi connectivity index (χ1n) is 6.87. The first-order chi connectivity index (χ1) is 9.80. The lowest BCUT2D eigenvalue weighted by atomic mass is 9.71. The summed E-state index contributed by atoms with van der Waals surface area (Å²) < 4.78 is 17.0. The summed E-state index contributed by atoms with van der Waals surface area (Å²) in [6, 6.07) is 3.70. The molecule has 1 aromatic rings. The van der Waals surface area contributed by atoms with Crippen molar-refractivity contribution in [2.75, 3.05) is 20.3 Å². The average Bonchev–Trinajstić information content (AvgIpc) is 2.67. The number of nitrogens with zero attached hydrogens (tertiary/aromatic N) is 1. The van der Waals surface area contributed by atoms with Crippen LogP contribution >= 0.6 is 0 Å². The van der Waals surface area contributed by atoms with Gasteiger partial charge in [-0.05, 0) is 31.4 Å². The number of isocyanates is 1. The summed E-state index contributed by atoms with van der Waals surface area (Å²) in [6.07, 6.45) is 5.17. The van der Waals surface area contributed by atoms with E-state index in [0.29, 0.717) is 30.5 Å². The molecule has 20 heavy (non-hydrogen) atoms. The Labute approximate surface area is 117 Å². The van der Waals surface area contributed by atoms with Gasteiger partial charge < -0.3 is 14.2 Å². The van der Waals surface area contributed by atoms with Gasteiger partial charge in [0, 0.05) is 6.42 Å². The first-order valence-corrected chi connectivity index (χ1v) is 6.87. The van der Waals surface area contributed by atoms with E-state index in [0.717, 1.165) is 31.2 Å². The molecule has 0 bridgehead atoms. The maximum atomic E-state index is 10.8. The highest BCUT2D eigenvalue weighted by Crippen LogP contribution is 2.54. The van der Waals surface area contributed by atoms with Crippen LogP contribution in [0.25, 0.3) is 0 Å². The average molecular weight is 275 g/mol. The summed E-state index contributed by atoms with van der Waals surface area (Å²) in [5.41, 5.74) is 0.264. The molecule has 0 saturated heterocycles. The van der Waals surface area contributed by atoms with Gasteiger partial charge in [0.15, 0.2) is 11.5 Å². The van der Waals surface area contributed by atoms with Crippen molar-refractivity contribution in [1.29, 1.82) is 0 Å². The molecule has 2 aliphatic rings. The summed E-state index contributed by atoms with van der Waals surface area (Å²) in [4.78, 5) is 14.9. The summed E-state index contributed by atoms with van der Waals surface area (Å²) in [5, 5.41) is 0. The topological polar surface area (TPSA) is 57.1 Å². The number of rotatable bonds is 3. The number of ether oxygens (including phenoxy) is 3. The molecule has 0 spiro atoms. The van der Waals surface area contributed by atoms with E-state index in [9.17, 15) is 4.79 Å². The zero-order valence-corrected chi connectivity index (χ0v) is 11.5. The van der Waals surface area contributed by atoms with Crippen LogP contribution in [0.2, 0.25) is 0 Å². The van der Waals surface area contributed by atoms with Crippen molar-refractivity contribution < 1.29 is 19.0 Å². The molecule has 1 aliphatic carbocycles. The third-order valence-corrected chi connectivity index (χ3v) is 4.00. The second kappa shape index (κ2) is 5.17. The minimum absolute atomic E-state index is 0.563. The molecule has 1 saturated carbocycles. The molecule has 1 heterocycles. The van der Waals surface area contributed by atoms with Crippen LogP contribution in [-0.2, 0) is 10.3 Å². The van der Waals surface area contributed by atoms with Gasteiger partial charge in [0.2, 0.25) is 6.08 Å². The summed E-state index contributed by atoms with van der Waals surface area (Å²) in [7, 11) is 1.61. The molecule has 1 aliphatic heterocycles. The van der Waals surface area contributed by atoms with E-state index in [4.69, 9.17) is 14.2 Å². The van der Waals surface area contributed by atoms with Gasteiger partial charge in [-0.1, -0.05) is 0 Å². The van der Waals surface area contributed by atoms with Crippen molar-refractivity contribution in [3.8, 4) is 17.2 Å². The molecule has 106 valence electrons. The quantitative estimate of drug-likeness (QED) is 0.628. The minimum atomic E-state index is -0.563. The van der Waals surface area contributed by atoms with Gasteiger partial charge in [-0.2, -0.15) is 4.99 Å². The van der Waals surface area contributed by atoms with Gasteiger partial charge >= 0.3 is 0 Å². The maximum Gasteiger partial charge on any atom is 0.235 e. The number of aliphatic imine (C=N–C) groups is 1. The van der Waals surface area contributed by atoms with Crippen molar-refractivity contribution >= 4 is 6.08 Å². The normalized spacial score (nSPS) is 19.2. The van der Waals surface area contributed by atoms with E-state index in [2.05, 4.69) is 4.99 Å². The Bertz CT molecular complexity index is 559. The van der Waals surface area contributed by atoms with Crippen molar-refractivity contribution in [2.45, 2.75) is 31.2 Å². The number of hydrogen-bond acceptors (Lipinski definition) is 5. The van der Waals surface area contributed by atoms with Crippen LogP contribution in [0, 0.1) is 0 Å². The molecule has 0 atom stereocenters. The molecule has 0 radical (unpaired) electrons. The smallest absolute Gasteiger partial charge is 0.235 e. The highest BCUT2D eigenvalue weighted by molar-refractivity contribution is 5.59. The fraction of sp³-hybridized carbons (Fsp3) is 0.533. The fourth-order valence-corrected chi connectivity index (χ4v) is 2.85. The number of fused-ring (bicyclic) bond motifs is 1. The predicted octanol–water partition coefficient (Wildman–Crippen LogP) is 2.57. The molecule has 0 unspecified atom stereocenters. The van der Waals surface area contributed by atoms with Crippen LogP contribution in [0.5, 0.6) is 17.2 Å². The first kappa shape index (κ1) is 13.0. The Morgan fingerprint density at radius 2 is 2.05 bits per heavy atom. The lowest BCUT2D eigenvalue weighted by Crippen LogP contribution is -2.33. The molecule has 5 heteroatoms. The number of carbonyl (C=O) groups excluding carboxylic acids is 1. The lowest BCUT2D eigenvalue weighted by molar-refractivity contribution is 0.229. The van der Waals surface area contributed by atoms with Crippen LogP contribution in [-0.4, -0.2) is 26.4 Å². The largest absolute Gasteiger partial charge is 0.496 e. The van der Waals surface area contributed by atoms with Crippen LogP contribution in [0.15, 0.2) is 17.1 Å². The standard InChI is InChI=1S/C15H17NO4/c1-18-11-4-5-12-14(20-9-3-8-19-12)13(11)15(16-10-17)6-2-7-15/h4-5H,2-3,6-9H2,1H3. The highest BCUT2D eigenvalue weighted by Gasteiger charge is 2.44. The van der Waals surface area contributed by atoms with Gasteiger partial charge in [0.05, 0.1) is 25.9 Å². The fourth-order valence-electron chi connectivity index (χ4n) is 2.85. The second-order valence-electron chi connectivity index (χ2n) is 5.11. The Balaban J connectivity index is 2.18. The van der Waals surface area contributed by atoms with E-state index in [1.807, 2.05) is 12.1 Å². The summed E-state index contributed by atoms with van der Waals surface area (Å²) >= 11 is 0. The monoisotopic (exact) mass is 275 g/mol. The van der Waals surface area contributed by atoms with E-state index in [1.54, 1.807) is 13.2 Å². The second-order valence-corrected chi connectivity index (χ2v) is 5.11. The van der Waals surface area contributed by atoms with Crippen LogP contribution in [0.1, 0.15) is 31.2 Å². The minimum Gasteiger partial charge on any atom is -0.496 e. The number of benzene rings is 1. The molecular formula is C15H17NO4. The van der Waals surface area contributed by atoms with Crippen molar-refractivity contribution in [3.63, 3.8) is 0 Å². The van der Waals surface area contributed by atoms with Crippen LogP contribution in [0.3, 0.4) is 0 Å². The third kappa shape index (κ3) is 1.95. The summed E-state index contributed by atoms with van der Waals surface area (Å²) in [5.74, 6) is 2.05. The van der Waals surface area contributed by atoms with Crippen LogP contribution in [0.4, 0.5) is 0 Å². The lowest BCUT2D eigenvalue weighted by Gasteiger charge is -2.38. The zero-order valence-electron chi connectivity index (χ0n) is 11.5. The van der Waals surface area contributed by atoms with E-state index in [-0.39, 0.29) is 0 Å². The number of methoxy groups -OCH3 is 1. The molecule has 0 N–H and O–H groups in total. The molecule has 3 rings (SSSR count). The molecule has 0 aromatic heterocycles. The third-order valence-electron chi connectivity index (χ3n) is 4.00. The Morgan fingerprint density at radius 1 is 1.25 bits per heavy atom. The Hall–Kier alpha value is -2.00. The van der Waals surface area contributed by atoms with Gasteiger partial charge in [-0.25, -0.2) is 4.79 Å². The van der Waals surface area contributed by atoms with E-state index < -0.39 is 5.54 Å². The van der Waals surface area contributed by atoms with Gasteiger partial charge in [-0.3, -0.25) is 0 Å². The molecule has 0 amide bonds. The van der Waals surface area contributed by atoms with Gasteiger partial charge in [-0.15, -0.1) is 0 Å². The molecule has 5 nitrogen and oxygen atoms in total. The van der Waals surface area contributed by atoms with Crippen molar-refractivity contribution in [2.24, 2.45) is 4.99 Å². The van der Waals surface area contributed by atoms with Gasteiger partial charge in [0.1, 0.15) is 11.3 Å². The summed E-state index contributed by atoms with van der Waals surface area (Å²) in [6.45, 7) is 1.22. The van der Waals surface area contributed by atoms with E-state index >= 15 is 0 Å². The highest BCUT2D eigenvalue weighted by atomic mass is 16.5. The van der Waals surface area contributed by atoms with E-state index in [1.165, 1.54) is 0 Å². The molecular weight excluding hydrogens is 258 g/mol. The maximum absolute atomic E-state index is 10.8. The molecule has 1 fully saturated rings. The van der Waals surface area contributed by atoms with Crippen LogP contribution < -0.4 is 14.2 Å². The Morgan fingerprint density at radius 3 is 2.70 bits per heavy atom.